The minimum Gasteiger partial charge on any atom is -0.492 e. The van der Waals surface area contributed by atoms with Crippen molar-refractivity contribution in [1.82, 2.24) is 4.90 Å². The Morgan fingerprint density at radius 1 is 1.10 bits per heavy atom. The van der Waals surface area contributed by atoms with Gasteiger partial charge in [0, 0.05) is 24.9 Å². The van der Waals surface area contributed by atoms with Crippen molar-refractivity contribution in [2.24, 2.45) is 0 Å². The van der Waals surface area contributed by atoms with Crippen LogP contribution in [0.15, 0.2) is 24.3 Å². The summed E-state index contributed by atoms with van der Waals surface area (Å²) < 4.78 is 12.0. The fraction of sp³-hybridized carbons (Fsp3) is 0.708. The van der Waals surface area contributed by atoms with Gasteiger partial charge in [-0.15, -0.1) is 0 Å². The number of nitrogens with one attached hydrogen (secondary N) is 1. The van der Waals surface area contributed by atoms with Crippen LogP contribution in [0.25, 0.3) is 0 Å². The highest BCUT2D eigenvalue weighted by atomic mass is 16.5. The molecule has 1 heterocycles. The van der Waals surface area contributed by atoms with Crippen LogP contribution in [-0.2, 0) is 9.53 Å². The standard InChI is InChI=1S/C24H38N2O3/c1-3-18-29-24(14-6-4-7-15-24)23(27)25-21-10-12-22(13-11-21)28-19-17-26-16-8-5-9-20(26)2/h10-13,20H,3-9,14-19H2,1-2H3,(H,25,27)/t20-/m1/s1. The zero-order valence-corrected chi connectivity index (χ0v) is 18.3. The van der Waals surface area contributed by atoms with Crippen molar-refractivity contribution in [3.63, 3.8) is 0 Å². The van der Waals surface area contributed by atoms with E-state index in [2.05, 4.69) is 24.1 Å². The number of ether oxygens (including phenoxy) is 2. The molecule has 1 N–H and O–H groups in total. The maximum atomic E-state index is 13.0. The summed E-state index contributed by atoms with van der Waals surface area (Å²) in [6, 6.07) is 8.39. The van der Waals surface area contributed by atoms with E-state index in [-0.39, 0.29) is 5.91 Å². The lowest BCUT2D eigenvalue weighted by Gasteiger charge is -2.35. The SMILES string of the molecule is CCCOC1(C(=O)Nc2ccc(OCCN3CCCC[C@H]3C)cc2)CCCCC1. The number of hydrogen-bond acceptors (Lipinski definition) is 4. The predicted molar refractivity (Wildman–Crippen MR) is 118 cm³/mol. The average molecular weight is 403 g/mol. The van der Waals surface area contributed by atoms with Crippen molar-refractivity contribution in [3.05, 3.63) is 24.3 Å². The summed E-state index contributed by atoms with van der Waals surface area (Å²) in [5, 5.41) is 3.07. The fourth-order valence-corrected chi connectivity index (χ4v) is 4.51. The minimum absolute atomic E-state index is 0.00148. The summed E-state index contributed by atoms with van der Waals surface area (Å²) in [6.45, 7) is 7.87. The van der Waals surface area contributed by atoms with E-state index in [0.717, 1.165) is 50.1 Å². The molecule has 1 aliphatic heterocycles. The third-order valence-corrected chi connectivity index (χ3v) is 6.36. The molecule has 0 unspecified atom stereocenters. The molecule has 1 aromatic rings. The van der Waals surface area contributed by atoms with Crippen LogP contribution in [0.5, 0.6) is 5.75 Å². The maximum absolute atomic E-state index is 13.0. The van der Waals surface area contributed by atoms with Crippen LogP contribution in [0.4, 0.5) is 5.69 Å². The fourth-order valence-electron chi connectivity index (χ4n) is 4.51. The van der Waals surface area contributed by atoms with Crippen LogP contribution in [0, 0.1) is 0 Å². The van der Waals surface area contributed by atoms with Gasteiger partial charge in [-0.2, -0.15) is 0 Å². The Hall–Kier alpha value is -1.59. The molecule has 1 aromatic carbocycles. The first-order valence-electron chi connectivity index (χ1n) is 11.6. The maximum Gasteiger partial charge on any atom is 0.256 e. The van der Waals surface area contributed by atoms with E-state index in [0.29, 0.717) is 19.3 Å². The number of anilines is 1. The molecule has 5 heteroatoms. The highest BCUT2D eigenvalue weighted by Crippen LogP contribution is 2.33. The Kier molecular flexibility index (Phi) is 8.37. The number of likely N-dealkylation sites (tertiary alicyclic amines) is 1. The van der Waals surface area contributed by atoms with Crippen molar-refractivity contribution in [1.29, 1.82) is 0 Å². The highest BCUT2D eigenvalue weighted by molar-refractivity contribution is 5.97. The third kappa shape index (κ3) is 6.19. The molecule has 29 heavy (non-hydrogen) atoms. The Labute approximate surface area is 176 Å². The van der Waals surface area contributed by atoms with Crippen LogP contribution in [0.3, 0.4) is 0 Å². The monoisotopic (exact) mass is 402 g/mol. The summed E-state index contributed by atoms with van der Waals surface area (Å²) in [5.74, 6) is 0.848. The molecule has 162 valence electrons. The number of nitrogens with zero attached hydrogens (tertiary/aromatic N) is 1. The number of carbonyl (C=O) groups excluding carboxylic acids is 1. The third-order valence-electron chi connectivity index (χ3n) is 6.36. The predicted octanol–water partition coefficient (Wildman–Crippen LogP) is 5.01. The van der Waals surface area contributed by atoms with Gasteiger partial charge in [0.05, 0.1) is 0 Å². The summed E-state index contributed by atoms with van der Waals surface area (Å²) in [6.07, 6.45) is 9.78. The molecule has 0 aromatic heterocycles. The van der Waals surface area contributed by atoms with Crippen molar-refractivity contribution in [2.45, 2.75) is 83.3 Å². The first kappa shape index (κ1) is 22.1. The van der Waals surface area contributed by atoms with Gasteiger partial charge >= 0.3 is 0 Å². The lowest BCUT2D eigenvalue weighted by Crippen LogP contribution is -2.47. The van der Waals surface area contributed by atoms with Crippen LogP contribution in [0.1, 0.15) is 71.6 Å². The lowest BCUT2D eigenvalue weighted by atomic mass is 9.83. The van der Waals surface area contributed by atoms with E-state index in [1.165, 1.54) is 32.2 Å². The summed E-state index contributed by atoms with van der Waals surface area (Å²) in [5.41, 5.74) is 0.145. The minimum atomic E-state index is -0.658. The lowest BCUT2D eigenvalue weighted by molar-refractivity contribution is -0.146. The van der Waals surface area contributed by atoms with E-state index in [1.807, 2.05) is 24.3 Å². The quantitative estimate of drug-likeness (QED) is 0.631. The summed E-state index contributed by atoms with van der Waals surface area (Å²) in [4.78, 5) is 15.5. The normalized spacial score (nSPS) is 22.2. The van der Waals surface area contributed by atoms with E-state index < -0.39 is 5.60 Å². The van der Waals surface area contributed by atoms with Crippen LogP contribution in [-0.4, -0.2) is 48.8 Å². The van der Waals surface area contributed by atoms with Crippen molar-refractivity contribution in [2.75, 3.05) is 31.6 Å². The van der Waals surface area contributed by atoms with Gasteiger partial charge in [-0.25, -0.2) is 0 Å². The average Bonchev–Trinajstić information content (AvgIpc) is 2.75. The van der Waals surface area contributed by atoms with Crippen LogP contribution >= 0.6 is 0 Å². The number of piperidine rings is 1. The number of hydrogen-bond donors (Lipinski definition) is 1. The largest absolute Gasteiger partial charge is 0.492 e. The van der Waals surface area contributed by atoms with Gasteiger partial charge in [0.2, 0.25) is 0 Å². The number of amides is 1. The van der Waals surface area contributed by atoms with Crippen LogP contribution < -0.4 is 10.1 Å². The van der Waals surface area contributed by atoms with Gasteiger partial charge in [0.15, 0.2) is 0 Å². The molecule has 1 amide bonds. The topological polar surface area (TPSA) is 50.8 Å². The molecular formula is C24H38N2O3. The first-order valence-corrected chi connectivity index (χ1v) is 11.6. The Balaban J connectivity index is 1.49. The molecule has 0 spiro atoms. The first-order chi connectivity index (χ1) is 14.1. The van der Waals surface area contributed by atoms with E-state index in [9.17, 15) is 4.79 Å². The summed E-state index contributed by atoms with van der Waals surface area (Å²) >= 11 is 0. The van der Waals surface area contributed by atoms with Crippen molar-refractivity contribution < 1.29 is 14.3 Å². The molecule has 2 fully saturated rings. The van der Waals surface area contributed by atoms with Gasteiger partial charge in [0.1, 0.15) is 18.0 Å². The van der Waals surface area contributed by atoms with Crippen molar-refractivity contribution in [3.8, 4) is 5.75 Å². The number of rotatable bonds is 9. The van der Waals surface area contributed by atoms with E-state index in [1.54, 1.807) is 0 Å². The second-order valence-electron chi connectivity index (χ2n) is 8.61. The molecule has 2 aliphatic rings. The van der Waals surface area contributed by atoms with Gasteiger partial charge in [-0.3, -0.25) is 9.69 Å². The van der Waals surface area contributed by atoms with E-state index in [4.69, 9.17) is 9.47 Å². The zero-order chi connectivity index (χ0) is 20.5. The molecule has 3 rings (SSSR count). The smallest absolute Gasteiger partial charge is 0.256 e. The molecule has 1 saturated heterocycles. The molecule has 1 aliphatic carbocycles. The van der Waals surface area contributed by atoms with Gasteiger partial charge in [-0.05, 0) is 69.8 Å². The zero-order valence-electron chi connectivity index (χ0n) is 18.3. The Morgan fingerprint density at radius 2 is 1.86 bits per heavy atom. The van der Waals surface area contributed by atoms with E-state index >= 15 is 0 Å². The second kappa shape index (κ2) is 11.0. The Bertz CT molecular complexity index is 626. The molecule has 5 nitrogen and oxygen atoms in total. The summed E-state index contributed by atoms with van der Waals surface area (Å²) in [7, 11) is 0. The molecule has 1 atom stereocenters. The molecule has 1 saturated carbocycles. The van der Waals surface area contributed by atoms with Crippen LogP contribution in [0.2, 0.25) is 0 Å². The van der Waals surface area contributed by atoms with Gasteiger partial charge < -0.3 is 14.8 Å². The van der Waals surface area contributed by atoms with Crippen molar-refractivity contribution >= 4 is 11.6 Å². The molecule has 0 bridgehead atoms. The molecular weight excluding hydrogens is 364 g/mol. The second-order valence-corrected chi connectivity index (χ2v) is 8.61. The van der Waals surface area contributed by atoms with Gasteiger partial charge in [-0.1, -0.05) is 32.6 Å². The number of benzene rings is 1. The highest BCUT2D eigenvalue weighted by Gasteiger charge is 2.40. The van der Waals surface area contributed by atoms with Gasteiger partial charge in [0.25, 0.3) is 5.91 Å². The molecule has 0 radical (unpaired) electrons. The Morgan fingerprint density at radius 3 is 2.55 bits per heavy atom. The number of carbonyl (C=O) groups is 1.